The SMILES string of the molecule is CCC(C)(C)C(=O)[C@]1(C)OCCC[C@@H]1O. The van der Waals surface area contributed by atoms with Crippen molar-refractivity contribution in [2.45, 2.75) is 58.7 Å². The van der Waals surface area contributed by atoms with Gasteiger partial charge in [0.1, 0.15) is 5.60 Å². The summed E-state index contributed by atoms with van der Waals surface area (Å²) in [4.78, 5) is 12.3. The molecule has 0 radical (unpaired) electrons. The van der Waals surface area contributed by atoms with E-state index in [1.807, 2.05) is 20.8 Å². The summed E-state index contributed by atoms with van der Waals surface area (Å²) in [5.74, 6) is 0.0182. The van der Waals surface area contributed by atoms with Crippen LogP contribution in [-0.2, 0) is 9.53 Å². The molecule has 1 heterocycles. The van der Waals surface area contributed by atoms with E-state index in [9.17, 15) is 9.90 Å². The Hall–Kier alpha value is -0.410. The first-order chi connectivity index (χ1) is 6.84. The number of hydrogen-bond acceptors (Lipinski definition) is 3. The fourth-order valence-electron chi connectivity index (χ4n) is 1.98. The third kappa shape index (κ3) is 2.23. The minimum atomic E-state index is -1.00. The fourth-order valence-corrected chi connectivity index (χ4v) is 1.98. The molecule has 0 spiro atoms. The normalized spacial score (nSPS) is 32.7. The maximum atomic E-state index is 12.3. The first-order valence-corrected chi connectivity index (χ1v) is 5.71. The Morgan fingerprint density at radius 1 is 1.60 bits per heavy atom. The minimum Gasteiger partial charge on any atom is -0.390 e. The number of aliphatic hydroxyl groups excluding tert-OH is 1. The summed E-state index contributed by atoms with van der Waals surface area (Å²) in [6, 6.07) is 0. The number of carbonyl (C=O) groups excluding carboxylic acids is 1. The van der Waals surface area contributed by atoms with Crippen molar-refractivity contribution in [1.82, 2.24) is 0 Å². The Bertz CT molecular complexity index is 247. The summed E-state index contributed by atoms with van der Waals surface area (Å²) in [5, 5.41) is 9.91. The molecule has 0 unspecified atom stereocenters. The van der Waals surface area contributed by atoms with Crippen molar-refractivity contribution < 1.29 is 14.6 Å². The third-order valence-corrected chi connectivity index (χ3v) is 3.61. The Kier molecular flexibility index (Phi) is 3.56. The number of ketones is 1. The zero-order chi connectivity index (χ0) is 11.7. The molecule has 1 aliphatic rings. The van der Waals surface area contributed by atoms with Gasteiger partial charge in [-0.15, -0.1) is 0 Å². The van der Waals surface area contributed by atoms with E-state index < -0.39 is 17.1 Å². The molecule has 0 saturated carbocycles. The number of aliphatic hydroxyl groups is 1. The van der Waals surface area contributed by atoms with Crippen molar-refractivity contribution in [1.29, 1.82) is 0 Å². The Balaban J connectivity index is 2.89. The molecule has 0 aliphatic carbocycles. The summed E-state index contributed by atoms with van der Waals surface area (Å²) in [6.07, 6.45) is 1.58. The second-order valence-electron chi connectivity index (χ2n) is 5.18. The highest BCUT2D eigenvalue weighted by molar-refractivity contribution is 5.92. The molecule has 2 atom stereocenters. The van der Waals surface area contributed by atoms with Crippen molar-refractivity contribution in [3.05, 3.63) is 0 Å². The van der Waals surface area contributed by atoms with Gasteiger partial charge in [-0.1, -0.05) is 20.8 Å². The molecule has 1 N–H and O–H groups in total. The summed E-state index contributed by atoms with van der Waals surface area (Å²) in [5.41, 5.74) is -1.43. The molecule has 1 saturated heterocycles. The maximum absolute atomic E-state index is 12.3. The van der Waals surface area contributed by atoms with Gasteiger partial charge in [0.2, 0.25) is 0 Å². The zero-order valence-electron chi connectivity index (χ0n) is 10.2. The number of carbonyl (C=O) groups is 1. The van der Waals surface area contributed by atoms with Gasteiger partial charge < -0.3 is 9.84 Å². The molecular formula is C12H22O3. The largest absolute Gasteiger partial charge is 0.390 e. The van der Waals surface area contributed by atoms with Gasteiger partial charge >= 0.3 is 0 Å². The Morgan fingerprint density at radius 3 is 2.67 bits per heavy atom. The summed E-state index contributed by atoms with van der Waals surface area (Å²) >= 11 is 0. The Morgan fingerprint density at radius 2 is 2.20 bits per heavy atom. The lowest BCUT2D eigenvalue weighted by Gasteiger charge is -2.41. The van der Waals surface area contributed by atoms with Crippen LogP contribution in [0.5, 0.6) is 0 Å². The van der Waals surface area contributed by atoms with Gasteiger partial charge in [0, 0.05) is 12.0 Å². The van der Waals surface area contributed by atoms with E-state index in [4.69, 9.17) is 4.74 Å². The highest BCUT2D eigenvalue weighted by atomic mass is 16.5. The third-order valence-electron chi connectivity index (χ3n) is 3.61. The molecule has 0 aromatic heterocycles. The molecule has 88 valence electrons. The van der Waals surface area contributed by atoms with Gasteiger partial charge in [0.25, 0.3) is 0 Å². The number of hydrogen-bond donors (Lipinski definition) is 1. The topological polar surface area (TPSA) is 46.5 Å². The van der Waals surface area contributed by atoms with Crippen LogP contribution in [0.4, 0.5) is 0 Å². The minimum absolute atomic E-state index is 0.0182. The molecular weight excluding hydrogens is 192 g/mol. The van der Waals surface area contributed by atoms with Crippen LogP contribution in [0.15, 0.2) is 0 Å². The van der Waals surface area contributed by atoms with E-state index in [-0.39, 0.29) is 5.78 Å². The number of ether oxygens (including phenoxy) is 1. The molecule has 0 aromatic carbocycles. The first-order valence-electron chi connectivity index (χ1n) is 5.71. The summed E-state index contributed by atoms with van der Waals surface area (Å²) in [7, 11) is 0. The van der Waals surface area contributed by atoms with Crippen LogP contribution in [-0.4, -0.2) is 29.2 Å². The van der Waals surface area contributed by atoms with Crippen molar-refractivity contribution in [2.75, 3.05) is 6.61 Å². The van der Waals surface area contributed by atoms with Gasteiger partial charge in [-0.05, 0) is 26.2 Å². The smallest absolute Gasteiger partial charge is 0.172 e. The second kappa shape index (κ2) is 4.22. The lowest BCUT2D eigenvalue weighted by atomic mass is 9.74. The highest BCUT2D eigenvalue weighted by Gasteiger charge is 2.48. The van der Waals surface area contributed by atoms with Gasteiger partial charge in [-0.25, -0.2) is 0 Å². The molecule has 3 nitrogen and oxygen atoms in total. The van der Waals surface area contributed by atoms with E-state index >= 15 is 0 Å². The molecule has 3 heteroatoms. The predicted molar refractivity (Wildman–Crippen MR) is 58.7 cm³/mol. The molecule has 0 bridgehead atoms. The van der Waals surface area contributed by atoms with E-state index in [0.717, 1.165) is 12.8 Å². The molecule has 0 aromatic rings. The van der Waals surface area contributed by atoms with E-state index in [0.29, 0.717) is 13.0 Å². The van der Waals surface area contributed by atoms with Crippen LogP contribution in [0.1, 0.15) is 47.0 Å². The monoisotopic (exact) mass is 214 g/mol. The molecule has 1 fully saturated rings. The number of rotatable bonds is 3. The standard InChI is InChI=1S/C12H22O3/c1-5-11(2,3)10(14)12(4)9(13)7-6-8-15-12/h9,13H,5-8H2,1-4H3/t9-,12+/m0/s1. The van der Waals surface area contributed by atoms with Gasteiger partial charge in [0.05, 0.1) is 6.10 Å². The first kappa shape index (κ1) is 12.7. The zero-order valence-corrected chi connectivity index (χ0v) is 10.2. The molecule has 1 rings (SSSR count). The molecule has 1 aliphatic heterocycles. The van der Waals surface area contributed by atoms with E-state index in [1.165, 1.54) is 0 Å². The van der Waals surface area contributed by atoms with Gasteiger partial charge in [-0.3, -0.25) is 4.79 Å². The van der Waals surface area contributed by atoms with Crippen LogP contribution in [0.25, 0.3) is 0 Å². The van der Waals surface area contributed by atoms with Crippen LogP contribution in [0, 0.1) is 5.41 Å². The van der Waals surface area contributed by atoms with Crippen LogP contribution in [0.3, 0.4) is 0 Å². The Labute approximate surface area is 91.8 Å². The van der Waals surface area contributed by atoms with Crippen molar-refractivity contribution >= 4 is 5.78 Å². The molecule has 15 heavy (non-hydrogen) atoms. The molecule has 0 amide bonds. The van der Waals surface area contributed by atoms with Crippen molar-refractivity contribution in [3.63, 3.8) is 0 Å². The maximum Gasteiger partial charge on any atom is 0.172 e. The van der Waals surface area contributed by atoms with Gasteiger partial charge in [-0.2, -0.15) is 0 Å². The average molecular weight is 214 g/mol. The van der Waals surface area contributed by atoms with Crippen LogP contribution >= 0.6 is 0 Å². The summed E-state index contributed by atoms with van der Waals surface area (Å²) < 4.78 is 5.53. The lowest BCUT2D eigenvalue weighted by molar-refractivity contribution is -0.178. The summed E-state index contributed by atoms with van der Waals surface area (Å²) in [6.45, 7) is 8.09. The average Bonchev–Trinajstić information content (AvgIpc) is 2.21. The van der Waals surface area contributed by atoms with E-state index in [1.54, 1.807) is 6.92 Å². The quantitative estimate of drug-likeness (QED) is 0.780. The fraction of sp³-hybridized carbons (Fsp3) is 0.917. The van der Waals surface area contributed by atoms with Crippen LogP contribution in [0.2, 0.25) is 0 Å². The predicted octanol–water partition coefficient (Wildman–Crippen LogP) is 1.92. The van der Waals surface area contributed by atoms with Gasteiger partial charge in [0.15, 0.2) is 5.78 Å². The van der Waals surface area contributed by atoms with Crippen LogP contribution < -0.4 is 0 Å². The number of Topliss-reactive ketones (excluding diaryl/α,β-unsaturated/α-hetero) is 1. The van der Waals surface area contributed by atoms with Crippen molar-refractivity contribution in [2.24, 2.45) is 5.41 Å². The second-order valence-corrected chi connectivity index (χ2v) is 5.18. The van der Waals surface area contributed by atoms with E-state index in [2.05, 4.69) is 0 Å². The lowest BCUT2D eigenvalue weighted by Crippen LogP contribution is -2.56. The highest BCUT2D eigenvalue weighted by Crippen LogP contribution is 2.34. The van der Waals surface area contributed by atoms with Crippen molar-refractivity contribution in [3.8, 4) is 0 Å².